The number of amides is 1. The van der Waals surface area contributed by atoms with Gasteiger partial charge in [-0.25, -0.2) is 0 Å². The van der Waals surface area contributed by atoms with Crippen LogP contribution in [0.1, 0.15) is 25.3 Å². The number of carbonyl (C=O) groups is 1. The van der Waals surface area contributed by atoms with Crippen molar-refractivity contribution in [2.45, 2.75) is 38.4 Å². The number of nitrogens with zero attached hydrogens (tertiary/aromatic N) is 3. The minimum Gasteiger partial charge on any atom is -0.352 e. The molecule has 0 spiro atoms. The Morgan fingerprint density at radius 1 is 1.20 bits per heavy atom. The zero-order valence-electron chi connectivity index (χ0n) is 14.8. The van der Waals surface area contributed by atoms with E-state index >= 15 is 0 Å². The summed E-state index contributed by atoms with van der Waals surface area (Å²) in [7, 11) is 0. The molecular formula is C20H26N4O. The Hall–Kier alpha value is -1.98. The average Bonchev–Trinajstić information content (AvgIpc) is 3.46. The Bertz CT molecular complexity index is 745. The lowest BCUT2D eigenvalue weighted by Crippen LogP contribution is -2.53. The first kappa shape index (κ1) is 16.5. The summed E-state index contributed by atoms with van der Waals surface area (Å²) in [5, 5.41) is 4.32. The van der Waals surface area contributed by atoms with E-state index in [9.17, 15) is 4.79 Å². The van der Waals surface area contributed by atoms with Crippen molar-refractivity contribution in [1.82, 2.24) is 20.1 Å². The van der Waals surface area contributed by atoms with Gasteiger partial charge in [-0.15, -0.1) is 0 Å². The number of benzene rings is 1. The first-order valence-corrected chi connectivity index (χ1v) is 9.30. The van der Waals surface area contributed by atoms with E-state index in [1.165, 1.54) is 10.9 Å². The van der Waals surface area contributed by atoms with E-state index in [1.54, 1.807) is 0 Å². The molecule has 1 amide bonds. The molecule has 1 aliphatic heterocycles. The maximum Gasteiger partial charge on any atom is 0.237 e. The first-order valence-electron chi connectivity index (χ1n) is 9.30. The van der Waals surface area contributed by atoms with Gasteiger partial charge in [-0.1, -0.05) is 24.3 Å². The molecule has 132 valence electrons. The van der Waals surface area contributed by atoms with Gasteiger partial charge in [-0.2, -0.15) is 0 Å². The van der Waals surface area contributed by atoms with Gasteiger partial charge in [0.1, 0.15) is 0 Å². The van der Waals surface area contributed by atoms with Gasteiger partial charge in [0.2, 0.25) is 5.91 Å². The predicted octanol–water partition coefficient (Wildman–Crippen LogP) is 2.02. The Kier molecular flexibility index (Phi) is 4.68. The summed E-state index contributed by atoms with van der Waals surface area (Å²) in [6.07, 6.45) is 4.15. The maximum atomic E-state index is 12.2. The minimum absolute atomic E-state index is 0.0260. The predicted molar refractivity (Wildman–Crippen MR) is 99.2 cm³/mol. The van der Waals surface area contributed by atoms with Crippen LogP contribution in [0.25, 0.3) is 10.9 Å². The molecule has 4 rings (SSSR count). The van der Waals surface area contributed by atoms with E-state index < -0.39 is 0 Å². The smallest absolute Gasteiger partial charge is 0.237 e. The van der Waals surface area contributed by atoms with Crippen LogP contribution in [0.3, 0.4) is 0 Å². The zero-order chi connectivity index (χ0) is 17.2. The summed E-state index contributed by atoms with van der Waals surface area (Å²) in [5.41, 5.74) is 2.38. The van der Waals surface area contributed by atoms with Crippen LogP contribution >= 0.6 is 0 Å². The van der Waals surface area contributed by atoms with E-state index in [4.69, 9.17) is 0 Å². The largest absolute Gasteiger partial charge is 0.352 e. The monoisotopic (exact) mass is 338 g/mol. The third-order valence-corrected chi connectivity index (χ3v) is 5.37. The highest BCUT2D eigenvalue weighted by Gasteiger charge is 2.30. The maximum absolute atomic E-state index is 12.2. The molecule has 2 fully saturated rings. The number of piperazine rings is 1. The molecule has 0 unspecified atom stereocenters. The Morgan fingerprint density at radius 2 is 1.96 bits per heavy atom. The first-order chi connectivity index (χ1) is 12.2. The van der Waals surface area contributed by atoms with Crippen molar-refractivity contribution in [3.05, 3.63) is 42.1 Å². The van der Waals surface area contributed by atoms with Crippen molar-refractivity contribution in [1.29, 1.82) is 0 Å². The van der Waals surface area contributed by atoms with Gasteiger partial charge >= 0.3 is 0 Å². The Balaban J connectivity index is 1.34. The highest BCUT2D eigenvalue weighted by Crippen LogP contribution is 2.20. The number of carbonyl (C=O) groups excluding carboxylic acids is 1. The van der Waals surface area contributed by atoms with E-state index in [0.717, 1.165) is 51.1 Å². The summed E-state index contributed by atoms with van der Waals surface area (Å²) < 4.78 is 0. The van der Waals surface area contributed by atoms with E-state index in [2.05, 4.69) is 44.4 Å². The molecule has 1 saturated heterocycles. The van der Waals surface area contributed by atoms with Gasteiger partial charge in [0.05, 0.1) is 11.6 Å². The van der Waals surface area contributed by atoms with Crippen LogP contribution in [-0.2, 0) is 11.3 Å². The summed E-state index contributed by atoms with van der Waals surface area (Å²) >= 11 is 0. The molecule has 1 aliphatic carbocycles. The number of aromatic nitrogens is 1. The lowest BCUT2D eigenvalue weighted by atomic mass is 10.1. The Morgan fingerprint density at radius 3 is 2.72 bits per heavy atom. The molecule has 2 aromatic rings. The molecule has 1 saturated carbocycles. The summed E-state index contributed by atoms with van der Waals surface area (Å²) in [4.78, 5) is 21.6. The van der Waals surface area contributed by atoms with E-state index in [1.807, 2.05) is 19.2 Å². The summed E-state index contributed by atoms with van der Waals surface area (Å²) in [6, 6.07) is 10.9. The van der Waals surface area contributed by atoms with Crippen molar-refractivity contribution in [3.63, 3.8) is 0 Å². The second-order valence-electron chi connectivity index (χ2n) is 7.26. The average molecular weight is 338 g/mol. The lowest BCUT2D eigenvalue weighted by molar-refractivity contribution is -0.126. The minimum atomic E-state index is -0.0260. The topological polar surface area (TPSA) is 48.5 Å². The van der Waals surface area contributed by atoms with Gasteiger partial charge < -0.3 is 5.32 Å². The standard InChI is InChI=1S/C20H26N4O/c1-15(20(25)22-18-7-8-18)24-12-10-23(11-13-24)14-17-5-2-4-16-6-3-9-21-19(16)17/h2-6,9,15,18H,7-8,10-14H2,1H3,(H,22,25)/t15-/m0/s1. The third kappa shape index (κ3) is 3.83. The normalized spacial score (nSPS) is 20.5. The van der Waals surface area contributed by atoms with Crippen molar-refractivity contribution in [2.75, 3.05) is 26.2 Å². The Labute approximate surface area is 149 Å². The molecular weight excluding hydrogens is 312 g/mol. The SMILES string of the molecule is C[C@@H](C(=O)NC1CC1)N1CCN(Cc2cccc3cccnc23)CC1. The van der Waals surface area contributed by atoms with Gasteiger partial charge in [-0.3, -0.25) is 19.6 Å². The van der Waals surface area contributed by atoms with Crippen LogP contribution < -0.4 is 5.32 Å². The highest BCUT2D eigenvalue weighted by atomic mass is 16.2. The van der Waals surface area contributed by atoms with E-state index in [0.29, 0.717) is 6.04 Å². The summed E-state index contributed by atoms with van der Waals surface area (Å²) in [6.45, 7) is 6.82. The number of fused-ring (bicyclic) bond motifs is 1. The van der Waals surface area contributed by atoms with Gasteiger partial charge in [0.25, 0.3) is 0 Å². The van der Waals surface area contributed by atoms with Gasteiger partial charge in [-0.05, 0) is 31.4 Å². The van der Waals surface area contributed by atoms with Gasteiger partial charge in [0.15, 0.2) is 0 Å². The summed E-state index contributed by atoms with van der Waals surface area (Å²) in [5.74, 6) is 0.189. The number of nitrogens with one attached hydrogen (secondary N) is 1. The van der Waals surface area contributed by atoms with Crippen LogP contribution in [0.2, 0.25) is 0 Å². The number of hydrogen-bond acceptors (Lipinski definition) is 4. The third-order valence-electron chi connectivity index (χ3n) is 5.37. The van der Waals surface area contributed by atoms with Crippen molar-refractivity contribution < 1.29 is 4.79 Å². The van der Waals surface area contributed by atoms with Crippen molar-refractivity contribution >= 4 is 16.8 Å². The van der Waals surface area contributed by atoms with E-state index in [-0.39, 0.29) is 11.9 Å². The molecule has 0 bridgehead atoms. The van der Waals surface area contributed by atoms with Crippen molar-refractivity contribution in [2.24, 2.45) is 0 Å². The molecule has 0 radical (unpaired) electrons. The van der Waals surface area contributed by atoms with Crippen LogP contribution in [-0.4, -0.2) is 59.0 Å². The molecule has 1 N–H and O–H groups in total. The highest BCUT2D eigenvalue weighted by molar-refractivity contribution is 5.82. The molecule has 25 heavy (non-hydrogen) atoms. The van der Waals surface area contributed by atoms with Crippen molar-refractivity contribution in [3.8, 4) is 0 Å². The lowest BCUT2D eigenvalue weighted by Gasteiger charge is -2.37. The van der Waals surface area contributed by atoms with Crippen LogP contribution in [0.4, 0.5) is 0 Å². The zero-order valence-corrected chi connectivity index (χ0v) is 14.8. The van der Waals surface area contributed by atoms with Crippen LogP contribution in [0, 0.1) is 0 Å². The van der Waals surface area contributed by atoms with Crippen LogP contribution in [0.15, 0.2) is 36.5 Å². The molecule has 1 aromatic heterocycles. The fourth-order valence-electron chi connectivity index (χ4n) is 3.56. The quantitative estimate of drug-likeness (QED) is 0.906. The number of para-hydroxylation sites is 1. The van der Waals surface area contributed by atoms with Crippen LogP contribution in [0.5, 0.6) is 0 Å². The molecule has 1 aromatic carbocycles. The number of rotatable bonds is 5. The van der Waals surface area contributed by atoms with Gasteiger partial charge in [0, 0.05) is 50.3 Å². The second-order valence-corrected chi connectivity index (χ2v) is 7.26. The molecule has 1 atom stereocenters. The number of pyridine rings is 1. The molecule has 2 heterocycles. The molecule has 5 heteroatoms. The fourth-order valence-corrected chi connectivity index (χ4v) is 3.56. The molecule has 5 nitrogen and oxygen atoms in total. The second kappa shape index (κ2) is 7.10. The number of hydrogen-bond donors (Lipinski definition) is 1. The fraction of sp³-hybridized carbons (Fsp3) is 0.500. The molecule has 2 aliphatic rings.